The Balaban J connectivity index is 2.74. The molecule has 0 fully saturated rings. The summed E-state index contributed by atoms with van der Waals surface area (Å²) in [5.74, 6) is 2.85. The highest BCUT2D eigenvalue weighted by Gasteiger charge is 2.18. The molecule has 0 amide bonds. The van der Waals surface area contributed by atoms with Crippen LogP contribution in [0.25, 0.3) is 0 Å². The zero-order valence-corrected chi connectivity index (χ0v) is 12.0. The fourth-order valence-corrected chi connectivity index (χ4v) is 2.58. The van der Waals surface area contributed by atoms with Crippen molar-refractivity contribution < 1.29 is 4.42 Å². The van der Waals surface area contributed by atoms with Gasteiger partial charge in [-0.15, -0.1) is 0 Å². The molecule has 1 aromatic heterocycles. The van der Waals surface area contributed by atoms with Gasteiger partial charge in [-0.3, -0.25) is 0 Å². The molecule has 1 N–H and O–H groups in total. The third-order valence-electron chi connectivity index (χ3n) is 3.32. The molecule has 98 valence electrons. The zero-order valence-electron chi connectivity index (χ0n) is 12.0. The molecule has 0 aromatic carbocycles. The van der Waals surface area contributed by atoms with Crippen LogP contribution >= 0.6 is 0 Å². The van der Waals surface area contributed by atoms with Crippen LogP contribution in [0.5, 0.6) is 0 Å². The monoisotopic (exact) mass is 237 g/mol. The maximum atomic E-state index is 5.64. The molecule has 0 aliphatic heterocycles. The lowest BCUT2D eigenvalue weighted by Gasteiger charge is -2.21. The smallest absolute Gasteiger partial charge is 0.105 e. The minimum absolute atomic E-state index is 0.444. The van der Waals surface area contributed by atoms with Gasteiger partial charge in [-0.25, -0.2) is 0 Å². The van der Waals surface area contributed by atoms with E-state index < -0.39 is 0 Å². The van der Waals surface area contributed by atoms with Crippen LogP contribution in [0.1, 0.15) is 63.2 Å². The zero-order chi connectivity index (χ0) is 12.8. The van der Waals surface area contributed by atoms with E-state index in [0.717, 1.165) is 24.0 Å². The van der Waals surface area contributed by atoms with Crippen LogP contribution in [0.3, 0.4) is 0 Å². The Morgan fingerprint density at radius 2 is 2.00 bits per heavy atom. The normalized spacial score (nSPS) is 14.9. The van der Waals surface area contributed by atoms with E-state index in [2.05, 4.69) is 39.1 Å². The molecule has 2 nitrogen and oxygen atoms in total. The predicted molar refractivity (Wildman–Crippen MR) is 73.3 cm³/mol. The van der Waals surface area contributed by atoms with Crippen molar-refractivity contribution in [3.8, 4) is 0 Å². The van der Waals surface area contributed by atoms with Gasteiger partial charge >= 0.3 is 0 Å². The predicted octanol–water partition coefficient (Wildman–Crippen LogP) is 4.37. The Kier molecular flexibility index (Phi) is 5.76. The highest BCUT2D eigenvalue weighted by atomic mass is 16.3. The summed E-state index contributed by atoms with van der Waals surface area (Å²) >= 11 is 0. The van der Waals surface area contributed by atoms with Crippen LogP contribution in [-0.2, 0) is 0 Å². The molecular formula is C15H27NO. The number of aryl methyl sites for hydroxylation is 2. The lowest BCUT2D eigenvalue weighted by atomic mass is 9.93. The van der Waals surface area contributed by atoms with Gasteiger partial charge in [0, 0.05) is 11.6 Å². The number of nitrogens with one attached hydrogen (secondary N) is 1. The second kappa shape index (κ2) is 6.85. The standard InChI is InChI=1S/C15H27NO/c1-6-8-11(3)9-15(16-7-2)14-10-12(4)17-13(14)5/h10-11,15-16H,6-9H2,1-5H3. The first-order valence-corrected chi connectivity index (χ1v) is 6.88. The molecular weight excluding hydrogens is 210 g/mol. The van der Waals surface area contributed by atoms with Crippen molar-refractivity contribution in [2.45, 2.75) is 59.9 Å². The Morgan fingerprint density at radius 1 is 1.29 bits per heavy atom. The first-order chi connectivity index (χ1) is 8.08. The molecule has 0 aliphatic carbocycles. The van der Waals surface area contributed by atoms with Crippen molar-refractivity contribution in [3.05, 3.63) is 23.2 Å². The summed E-state index contributed by atoms with van der Waals surface area (Å²) in [5, 5.41) is 3.58. The van der Waals surface area contributed by atoms with E-state index in [1.54, 1.807) is 0 Å². The summed E-state index contributed by atoms with van der Waals surface area (Å²) in [6.07, 6.45) is 3.77. The molecule has 1 heterocycles. The van der Waals surface area contributed by atoms with Gasteiger partial charge in [0.15, 0.2) is 0 Å². The molecule has 2 unspecified atom stereocenters. The molecule has 17 heavy (non-hydrogen) atoms. The van der Waals surface area contributed by atoms with Crippen molar-refractivity contribution in [2.75, 3.05) is 6.54 Å². The van der Waals surface area contributed by atoms with Gasteiger partial charge in [0.25, 0.3) is 0 Å². The maximum absolute atomic E-state index is 5.64. The average Bonchev–Trinajstić information content (AvgIpc) is 2.57. The van der Waals surface area contributed by atoms with Crippen LogP contribution in [0, 0.1) is 19.8 Å². The third kappa shape index (κ3) is 4.19. The molecule has 0 aliphatic rings. The van der Waals surface area contributed by atoms with E-state index in [9.17, 15) is 0 Å². The summed E-state index contributed by atoms with van der Waals surface area (Å²) in [5.41, 5.74) is 1.34. The van der Waals surface area contributed by atoms with Gasteiger partial charge in [-0.05, 0) is 38.8 Å². The van der Waals surface area contributed by atoms with Crippen LogP contribution in [0.15, 0.2) is 10.5 Å². The van der Waals surface area contributed by atoms with E-state index in [4.69, 9.17) is 4.42 Å². The number of rotatable bonds is 7. The van der Waals surface area contributed by atoms with Crippen LogP contribution < -0.4 is 5.32 Å². The Morgan fingerprint density at radius 3 is 2.47 bits per heavy atom. The average molecular weight is 237 g/mol. The van der Waals surface area contributed by atoms with Crippen molar-refractivity contribution in [3.63, 3.8) is 0 Å². The highest BCUT2D eigenvalue weighted by Crippen LogP contribution is 2.28. The third-order valence-corrected chi connectivity index (χ3v) is 3.32. The summed E-state index contributed by atoms with van der Waals surface area (Å²) in [6.45, 7) is 11.9. The number of hydrogen-bond acceptors (Lipinski definition) is 2. The minimum atomic E-state index is 0.444. The fraction of sp³-hybridized carbons (Fsp3) is 0.733. The Bertz CT molecular complexity index is 330. The molecule has 2 heteroatoms. The molecule has 0 radical (unpaired) electrons. The first-order valence-electron chi connectivity index (χ1n) is 6.88. The van der Waals surface area contributed by atoms with Crippen molar-refractivity contribution in [1.82, 2.24) is 5.32 Å². The molecule has 1 rings (SSSR count). The molecule has 1 aromatic rings. The molecule has 2 atom stereocenters. The maximum Gasteiger partial charge on any atom is 0.105 e. The van der Waals surface area contributed by atoms with Crippen LogP contribution in [0.4, 0.5) is 0 Å². The van der Waals surface area contributed by atoms with Gasteiger partial charge in [-0.2, -0.15) is 0 Å². The van der Waals surface area contributed by atoms with Gasteiger partial charge in [0.2, 0.25) is 0 Å². The van der Waals surface area contributed by atoms with Crippen LogP contribution in [-0.4, -0.2) is 6.54 Å². The van der Waals surface area contributed by atoms with Crippen molar-refractivity contribution >= 4 is 0 Å². The molecule has 0 saturated heterocycles. The van der Waals surface area contributed by atoms with Gasteiger partial charge in [0.05, 0.1) is 0 Å². The van der Waals surface area contributed by atoms with Gasteiger partial charge < -0.3 is 9.73 Å². The highest BCUT2D eigenvalue weighted by molar-refractivity contribution is 5.24. The van der Waals surface area contributed by atoms with Gasteiger partial charge in [-0.1, -0.05) is 33.6 Å². The summed E-state index contributed by atoms with van der Waals surface area (Å²) < 4.78 is 5.64. The SMILES string of the molecule is CCCC(C)CC(NCC)c1cc(C)oc1C. The number of hydrogen-bond donors (Lipinski definition) is 1. The minimum Gasteiger partial charge on any atom is -0.466 e. The van der Waals surface area contributed by atoms with Crippen molar-refractivity contribution in [2.24, 2.45) is 5.92 Å². The molecule has 0 bridgehead atoms. The fourth-order valence-electron chi connectivity index (χ4n) is 2.58. The van der Waals surface area contributed by atoms with E-state index >= 15 is 0 Å². The summed E-state index contributed by atoms with van der Waals surface area (Å²) in [6, 6.07) is 2.63. The quantitative estimate of drug-likeness (QED) is 0.761. The molecule has 0 spiro atoms. The lowest BCUT2D eigenvalue weighted by molar-refractivity contribution is 0.389. The van der Waals surface area contributed by atoms with E-state index in [1.807, 2.05) is 6.92 Å². The van der Waals surface area contributed by atoms with Crippen LogP contribution in [0.2, 0.25) is 0 Å². The van der Waals surface area contributed by atoms with Crippen molar-refractivity contribution in [1.29, 1.82) is 0 Å². The second-order valence-corrected chi connectivity index (χ2v) is 5.11. The number of furan rings is 1. The lowest BCUT2D eigenvalue weighted by Crippen LogP contribution is -2.23. The van der Waals surface area contributed by atoms with E-state index in [-0.39, 0.29) is 0 Å². The molecule has 0 saturated carbocycles. The van der Waals surface area contributed by atoms with E-state index in [1.165, 1.54) is 24.8 Å². The largest absolute Gasteiger partial charge is 0.466 e. The van der Waals surface area contributed by atoms with E-state index in [0.29, 0.717) is 6.04 Å². The Hall–Kier alpha value is -0.760. The van der Waals surface area contributed by atoms with Gasteiger partial charge in [0.1, 0.15) is 11.5 Å². The Labute approximate surface area is 106 Å². The summed E-state index contributed by atoms with van der Waals surface area (Å²) in [7, 11) is 0. The topological polar surface area (TPSA) is 25.2 Å². The first kappa shape index (κ1) is 14.3. The summed E-state index contributed by atoms with van der Waals surface area (Å²) in [4.78, 5) is 0. The second-order valence-electron chi connectivity index (χ2n) is 5.11.